The summed E-state index contributed by atoms with van der Waals surface area (Å²) in [6, 6.07) is 8.83. The third kappa shape index (κ3) is 3.78. The first-order chi connectivity index (χ1) is 10.7. The predicted molar refractivity (Wildman–Crippen MR) is 93.6 cm³/mol. The number of carbonyl (C=O) groups excluding carboxylic acids is 1. The van der Waals surface area contributed by atoms with Crippen molar-refractivity contribution in [2.75, 3.05) is 23.7 Å². The van der Waals surface area contributed by atoms with Crippen molar-refractivity contribution in [2.24, 2.45) is 5.92 Å². The first-order valence-electron chi connectivity index (χ1n) is 8.50. The molecule has 3 rings (SSSR count). The number of thioether (sulfide) groups is 1. The summed E-state index contributed by atoms with van der Waals surface area (Å²) in [7, 11) is 0. The molecule has 0 aromatic heterocycles. The zero-order valence-corrected chi connectivity index (χ0v) is 14.2. The van der Waals surface area contributed by atoms with Crippen molar-refractivity contribution >= 4 is 23.4 Å². The molecule has 3 nitrogen and oxygen atoms in total. The van der Waals surface area contributed by atoms with Crippen molar-refractivity contribution in [3.8, 4) is 0 Å². The van der Waals surface area contributed by atoms with Crippen molar-refractivity contribution in [3.63, 3.8) is 0 Å². The molecule has 1 aromatic carbocycles. The van der Waals surface area contributed by atoms with E-state index in [0.717, 1.165) is 25.1 Å². The summed E-state index contributed by atoms with van der Waals surface area (Å²) < 4.78 is 0. The zero-order valence-electron chi connectivity index (χ0n) is 13.4. The molecule has 0 bridgehead atoms. The van der Waals surface area contributed by atoms with Gasteiger partial charge < -0.3 is 10.2 Å². The fraction of sp³-hybridized carbons (Fsp3) is 0.611. The van der Waals surface area contributed by atoms with Crippen LogP contribution in [-0.2, 0) is 4.79 Å². The van der Waals surface area contributed by atoms with Gasteiger partial charge in [0.05, 0.1) is 12.2 Å². The van der Waals surface area contributed by atoms with Crippen molar-refractivity contribution in [1.82, 2.24) is 5.32 Å². The molecule has 0 radical (unpaired) electrons. The highest BCUT2D eigenvalue weighted by Gasteiger charge is 2.24. The Morgan fingerprint density at radius 2 is 2.09 bits per heavy atom. The molecule has 1 N–H and O–H groups in total. The molecule has 2 aliphatic rings. The van der Waals surface area contributed by atoms with Gasteiger partial charge in [-0.2, -0.15) is 0 Å². The Labute approximate surface area is 137 Å². The van der Waals surface area contributed by atoms with E-state index in [1.807, 2.05) is 11.8 Å². The van der Waals surface area contributed by atoms with Gasteiger partial charge >= 0.3 is 0 Å². The number of nitrogens with one attached hydrogen (secondary N) is 1. The quantitative estimate of drug-likeness (QED) is 0.922. The van der Waals surface area contributed by atoms with Crippen LogP contribution in [0.25, 0.3) is 0 Å². The number of carbonyl (C=O) groups is 1. The van der Waals surface area contributed by atoms with E-state index in [4.69, 9.17) is 0 Å². The number of hydrogen-bond donors (Lipinski definition) is 1. The van der Waals surface area contributed by atoms with Crippen LogP contribution in [0.15, 0.2) is 29.2 Å². The molecular formula is C18H26N2OS. The second kappa shape index (κ2) is 7.40. The van der Waals surface area contributed by atoms with E-state index in [0.29, 0.717) is 18.5 Å². The van der Waals surface area contributed by atoms with Crippen LogP contribution in [0.1, 0.15) is 39.0 Å². The van der Waals surface area contributed by atoms with Gasteiger partial charge in [0.15, 0.2) is 0 Å². The highest BCUT2D eigenvalue weighted by Crippen LogP contribution is 2.33. The van der Waals surface area contributed by atoms with Crippen LogP contribution in [0, 0.1) is 5.92 Å². The summed E-state index contributed by atoms with van der Waals surface area (Å²) in [6.07, 6.45) is 6.07. The van der Waals surface area contributed by atoms with Crippen LogP contribution in [0.2, 0.25) is 0 Å². The van der Waals surface area contributed by atoms with E-state index in [2.05, 4.69) is 41.4 Å². The molecule has 1 amide bonds. The summed E-state index contributed by atoms with van der Waals surface area (Å²) in [6.45, 7) is 3.72. The van der Waals surface area contributed by atoms with Gasteiger partial charge in [-0.05, 0) is 43.1 Å². The number of para-hydroxylation sites is 1. The Kier molecular flexibility index (Phi) is 5.29. The zero-order chi connectivity index (χ0) is 15.4. The smallest absolute Gasteiger partial charge is 0.239 e. The molecule has 1 fully saturated rings. The molecule has 1 aliphatic heterocycles. The van der Waals surface area contributed by atoms with Gasteiger partial charge in [0.25, 0.3) is 0 Å². The van der Waals surface area contributed by atoms with Gasteiger partial charge in [-0.3, -0.25) is 4.79 Å². The van der Waals surface area contributed by atoms with Gasteiger partial charge in [-0.25, -0.2) is 0 Å². The highest BCUT2D eigenvalue weighted by molar-refractivity contribution is 7.99. The highest BCUT2D eigenvalue weighted by atomic mass is 32.2. The fourth-order valence-electron chi connectivity index (χ4n) is 3.52. The molecule has 0 unspecified atom stereocenters. The minimum Gasteiger partial charge on any atom is -0.361 e. The van der Waals surface area contributed by atoms with E-state index in [-0.39, 0.29) is 5.91 Å². The molecule has 2 atom stereocenters. The largest absolute Gasteiger partial charge is 0.361 e. The second-order valence-corrected chi connectivity index (χ2v) is 7.66. The van der Waals surface area contributed by atoms with Gasteiger partial charge in [-0.15, -0.1) is 11.8 Å². The Morgan fingerprint density at radius 3 is 2.95 bits per heavy atom. The maximum Gasteiger partial charge on any atom is 0.239 e. The van der Waals surface area contributed by atoms with E-state index in [1.54, 1.807) is 0 Å². The summed E-state index contributed by atoms with van der Waals surface area (Å²) >= 11 is 1.90. The summed E-state index contributed by atoms with van der Waals surface area (Å²) in [5.41, 5.74) is 1.22. The average Bonchev–Trinajstić information content (AvgIpc) is 2.72. The number of nitrogens with zero attached hydrogens (tertiary/aromatic N) is 1. The van der Waals surface area contributed by atoms with Crippen LogP contribution in [0.5, 0.6) is 0 Å². The molecule has 1 heterocycles. The van der Waals surface area contributed by atoms with E-state index < -0.39 is 0 Å². The lowest BCUT2D eigenvalue weighted by molar-refractivity contribution is -0.121. The van der Waals surface area contributed by atoms with E-state index in [9.17, 15) is 4.79 Å². The SMILES string of the molecule is C[C@H]1CCCC[C@H]1NC(=O)CN1CCCSc2ccccc21. The average molecular weight is 318 g/mol. The Balaban J connectivity index is 1.63. The summed E-state index contributed by atoms with van der Waals surface area (Å²) in [4.78, 5) is 16.0. The monoisotopic (exact) mass is 318 g/mol. The van der Waals surface area contributed by atoms with Gasteiger partial charge in [0, 0.05) is 17.5 Å². The first kappa shape index (κ1) is 15.7. The molecule has 1 saturated carbocycles. The number of hydrogen-bond acceptors (Lipinski definition) is 3. The maximum absolute atomic E-state index is 12.5. The Morgan fingerprint density at radius 1 is 1.27 bits per heavy atom. The van der Waals surface area contributed by atoms with E-state index >= 15 is 0 Å². The lowest BCUT2D eigenvalue weighted by Gasteiger charge is -2.31. The second-order valence-electron chi connectivity index (χ2n) is 6.53. The van der Waals surface area contributed by atoms with E-state index in [1.165, 1.54) is 29.8 Å². The molecule has 0 saturated heterocycles. The lowest BCUT2D eigenvalue weighted by atomic mass is 9.86. The topological polar surface area (TPSA) is 32.3 Å². The molecule has 1 aromatic rings. The van der Waals surface area contributed by atoms with Crippen LogP contribution in [0.4, 0.5) is 5.69 Å². The minimum atomic E-state index is 0.181. The fourth-order valence-corrected chi connectivity index (χ4v) is 4.53. The first-order valence-corrected chi connectivity index (χ1v) is 9.49. The third-order valence-corrected chi connectivity index (χ3v) is 5.98. The van der Waals surface area contributed by atoms with Crippen molar-refractivity contribution in [1.29, 1.82) is 0 Å². The third-order valence-electron chi connectivity index (χ3n) is 4.83. The molecule has 1 aliphatic carbocycles. The summed E-state index contributed by atoms with van der Waals surface area (Å²) in [5, 5.41) is 3.28. The van der Waals surface area contributed by atoms with Crippen molar-refractivity contribution in [3.05, 3.63) is 24.3 Å². The number of benzene rings is 1. The maximum atomic E-state index is 12.5. The molecule has 120 valence electrons. The normalized spacial score (nSPS) is 25.2. The lowest BCUT2D eigenvalue weighted by Crippen LogP contribution is -2.46. The molecule has 22 heavy (non-hydrogen) atoms. The van der Waals surface area contributed by atoms with Gasteiger partial charge in [0.1, 0.15) is 0 Å². The Bertz CT molecular complexity index is 520. The van der Waals surface area contributed by atoms with Crippen molar-refractivity contribution < 1.29 is 4.79 Å². The Hall–Kier alpha value is -1.16. The van der Waals surface area contributed by atoms with Crippen LogP contribution in [0.3, 0.4) is 0 Å². The van der Waals surface area contributed by atoms with Crippen LogP contribution in [-0.4, -0.2) is 30.8 Å². The minimum absolute atomic E-state index is 0.181. The number of amides is 1. The molecule has 0 spiro atoms. The van der Waals surface area contributed by atoms with Crippen LogP contribution >= 0.6 is 11.8 Å². The van der Waals surface area contributed by atoms with Gasteiger partial charge in [-0.1, -0.05) is 31.9 Å². The number of anilines is 1. The molecule has 4 heteroatoms. The summed E-state index contributed by atoms with van der Waals surface area (Å²) in [5.74, 6) is 1.93. The van der Waals surface area contributed by atoms with Crippen LogP contribution < -0.4 is 10.2 Å². The number of fused-ring (bicyclic) bond motifs is 1. The van der Waals surface area contributed by atoms with Gasteiger partial charge in [0.2, 0.25) is 5.91 Å². The standard InChI is InChI=1S/C18H26N2OS/c1-14-7-2-3-8-15(14)19-18(21)13-20-11-6-12-22-17-10-5-4-9-16(17)20/h4-5,9-10,14-15H,2-3,6-8,11-13H2,1H3,(H,19,21)/t14-,15+/m0/s1. The molecular weight excluding hydrogens is 292 g/mol. The number of rotatable bonds is 3. The van der Waals surface area contributed by atoms with Crippen molar-refractivity contribution in [2.45, 2.75) is 50.0 Å². The predicted octanol–water partition coefficient (Wildman–Crippen LogP) is 3.68.